The van der Waals surface area contributed by atoms with E-state index in [-0.39, 0.29) is 17.7 Å². The maximum absolute atomic E-state index is 12.1. The first-order chi connectivity index (χ1) is 10.4. The molecule has 1 aliphatic heterocycles. The quantitative estimate of drug-likeness (QED) is 0.927. The fourth-order valence-corrected chi connectivity index (χ4v) is 2.61. The second-order valence-electron chi connectivity index (χ2n) is 6.99. The molecule has 1 saturated heterocycles. The van der Waals surface area contributed by atoms with Gasteiger partial charge in [0.05, 0.1) is 0 Å². The van der Waals surface area contributed by atoms with Gasteiger partial charge in [0.1, 0.15) is 11.9 Å². The first-order valence-corrected chi connectivity index (χ1v) is 8.20. The summed E-state index contributed by atoms with van der Waals surface area (Å²) in [5, 5.41) is 3.01. The molecule has 1 heterocycles. The number of likely N-dealkylation sites (tertiary alicyclic amines) is 1. The highest BCUT2D eigenvalue weighted by molar-refractivity contribution is 5.75. The predicted molar refractivity (Wildman–Crippen MR) is 89.3 cm³/mol. The third-order valence-corrected chi connectivity index (χ3v) is 3.82. The lowest BCUT2D eigenvalue weighted by atomic mass is 10.1. The lowest BCUT2D eigenvalue weighted by Gasteiger charge is -2.34. The van der Waals surface area contributed by atoms with E-state index in [0.29, 0.717) is 0 Å². The van der Waals surface area contributed by atoms with Crippen molar-refractivity contribution in [1.29, 1.82) is 0 Å². The van der Waals surface area contributed by atoms with Gasteiger partial charge in [0.25, 0.3) is 0 Å². The fraction of sp³-hybridized carbons (Fsp3) is 0.611. The molecule has 4 heteroatoms. The Hall–Kier alpha value is -1.71. The number of carbonyl (C=O) groups excluding carboxylic acids is 1. The Labute approximate surface area is 133 Å². The van der Waals surface area contributed by atoms with Crippen molar-refractivity contribution in [3.8, 4) is 5.75 Å². The number of carbonyl (C=O) groups is 1. The van der Waals surface area contributed by atoms with Crippen LogP contribution in [0.1, 0.15) is 46.1 Å². The first kappa shape index (κ1) is 16.7. The van der Waals surface area contributed by atoms with Gasteiger partial charge in [-0.2, -0.15) is 0 Å². The van der Waals surface area contributed by atoms with Gasteiger partial charge in [0.15, 0.2) is 0 Å². The maximum Gasteiger partial charge on any atom is 0.317 e. The van der Waals surface area contributed by atoms with E-state index in [4.69, 9.17) is 4.74 Å². The van der Waals surface area contributed by atoms with Crippen LogP contribution in [0.5, 0.6) is 5.75 Å². The van der Waals surface area contributed by atoms with E-state index in [1.54, 1.807) is 0 Å². The molecular formula is C18H28N2O2. The molecule has 0 radical (unpaired) electrons. The maximum atomic E-state index is 12.1. The third-order valence-electron chi connectivity index (χ3n) is 3.82. The van der Waals surface area contributed by atoms with Gasteiger partial charge in [-0.1, -0.05) is 19.1 Å². The molecule has 1 N–H and O–H groups in total. The van der Waals surface area contributed by atoms with E-state index in [1.165, 1.54) is 5.56 Å². The van der Waals surface area contributed by atoms with Crippen LogP contribution in [0.3, 0.4) is 0 Å². The molecule has 0 aliphatic carbocycles. The van der Waals surface area contributed by atoms with E-state index in [0.717, 1.165) is 38.1 Å². The summed E-state index contributed by atoms with van der Waals surface area (Å²) in [4.78, 5) is 14.0. The zero-order valence-corrected chi connectivity index (χ0v) is 14.2. The lowest BCUT2D eigenvalue weighted by molar-refractivity contribution is 0.108. The summed E-state index contributed by atoms with van der Waals surface area (Å²) < 4.78 is 6.07. The van der Waals surface area contributed by atoms with Crippen LogP contribution in [0.15, 0.2) is 24.3 Å². The van der Waals surface area contributed by atoms with Crippen molar-refractivity contribution >= 4 is 6.03 Å². The molecule has 0 unspecified atom stereocenters. The number of urea groups is 1. The molecule has 1 aromatic rings. The molecule has 22 heavy (non-hydrogen) atoms. The molecule has 2 amide bonds. The van der Waals surface area contributed by atoms with Crippen molar-refractivity contribution in [3.63, 3.8) is 0 Å². The summed E-state index contributed by atoms with van der Waals surface area (Å²) in [5.74, 6) is 0.942. The van der Waals surface area contributed by atoms with Crippen LogP contribution in [0.25, 0.3) is 0 Å². The number of nitrogens with zero attached hydrogens (tertiary/aromatic N) is 1. The number of ether oxygens (including phenoxy) is 1. The molecule has 4 nitrogen and oxygen atoms in total. The van der Waals surface area contributed by atoms with Crippen LogP contribution in [0, 0.1) is 0 Å². The van der Waals surface area contributed by atoms with Crippen LogP contribution in [0.4, 0.5) is 4.79 Å². The second-order valence-corrected chi connectivity index (χ2v) is 6.99. The minimum absolute atomic E-state index is 0.0268. The van der Waals surface area contributed by atoms with Crippen LogP contribution < -0.4 is 10.1 Å². The van der Waals surface area contributed by atoms with Gasteiger partial charge in [-0.3, -0.25) is 0 Å². The second kappa shape index (κ2) is 7.03. The highest BCUT2D eigenvalue weighted by atomic mass is 16.5. The largest absolute Gasteiger partial charge is 0.490 e. The smallest absolute Gasteiger partial charge is 0.317 e. The molecule has 0 atom stereocenters. The number of rotatable bonds is 3. The van der Waals surface area contributed by atoms with Crippen LogP contribution in [-0.2, 0) is 6.42 Å². The highest BCUT2D eigenvalue weighted by Gasteiger charge is 2.26. The number of amides is 2. The van der Waals surface area contributed by atoms with Gasteiger partial charge in [-0.05, 0) is 44.9 Å². The Morgan fingerprint density at radius 3 is 2.59 bits per heavy atom. The standard InChI is InChI=1S/C18H28N2O2/c1-5-14-7-6-8-16(13-14)22-15-9-11-20(12-10-15)17(21)19-18(2,3)4/h6-8,13,15H,5,9-12H2,1-4H3,(H,19,21). The van der Waals surface area contributed by atoms with Gasteiger partial charge < -0.3 is 15.0 Å². The van der Waals surface area contributed by atoms with E-state index < -0.39 is 0 Å². The molecule has 1 aliphatic rings. The summed E-state index contributed by atoms with van der Waals surface area (Å²) in [7, 11) is 0. The monoisotopic (exact) mass is 304 g/mol. The number of hydrogen-bond donors (Lipinski definition) is 1. The van der Waals surface area contributed by atoms with Gasteiger partial charge in [0, 0.05) is 31.5 Å². The first-order valence-electron chi connectivity index (χ1n) is 8.20. The Bertz CT molecular complexity index is 500. The molecule has 2 rings (SSSR count). The number of hydrogen-bond acceptors (Lipinski definition) is 2. The van der Waals surface area contributed by atoms with E-state index >= 15 is 0 Å². The Balaban J connectivity index is 1.83. The molecule has 1 fully saturated rings. The topological polar surface area (TPSA) is 41.6 Å². The van der Waals surface area contributed by atoms with Crippen molar-refractivity contribution in [2.45, 2.75) is 58.6 Å². The fourth-order valence-electron chi connectivity index (χ4n) is 2.61. The molecule has 0 spiro atoms. The summed E-state index contributed by atoms with van der Waals surface area (Å²) in [6.07, 6.45) is 2.98. The van der Waals surface area contributed by atoms with Gasteiger partial charge >= 0.3 is 6.03 Å². The average molecular weight is 304 g/mol. The minimum atomic E-state index is -0.189. The van der Waals surface area contributed by atoms with Crippen LogP contribution in [0.2, 0.25) is 0 Å². The zero-order valence-electron chi connectivity index (χ0n) is 14.2. The van der Waals surface area contributed by atoms with Gasteiger partial charge in [0.2, 0.25) is 0 Å². The lowest BCUT2D eigenvalue weighted by Crippen LogP contribution is -2.51. The zero-order chi connectivity index (χ0) is 16.2. The van der Waals surface area contributed by atoms with Crippen molar-refractivity contribution in [3.05, 3.63) is 29.8 Å². The number of aryl methyl sites for hydroxylation is 1. The SMILES string of the molecule is CCc1cccc(OC2CCN(C(=O)NC(C)(C)C)CC2)c1. The third kappa shape index (κ3) is 4.93. The molecule has 0 aromatic heterocycles. The van der Waals surface area contributed by atoms with E-state index in [2.05, 4.69) is 24.4 Å². The normalized spacial score (nSPS) is 16.5. The average Bonchev–Trinajstić information content (AvgIpc) is 2.46. The molecular weight excluding hydrogens is 276 g/mol. The van der Waals surface area contributed by atoms with Crippen molar-refractivity contribution < 1.29 is 9.53 Å². The Morgan fingerprint density at radius 1 is 1.32 bits per heavy atom. The van der Waals surface area contributed by atoms with Crippen LogP contribution >= 0.6 is 0 Å². The molecule has 122 valence electrons. The Morgan fingerprint density at radius 2 is 2.00 bits per heavy atom. The van der Waals surface area contributed by atoms with E-state index in [1.807, 2.05) is 37.8 Å². The highest BCUT2D eigenvalue weighted by Crippen LogP contribution is 2.20. The summed E-state index contributed by atoms with van der Waals surface area (Å²) in [5.41, 5.74) is 1.10. The van der Waals surface area contributed by atoms with Gasteiger partial charge in [-0.25, -0.2) is 4.79 Å². The summed E-state index contributed by atoms with van der Waals surface area (Å²) in [6.45, 7) is 9.65. The van der Waals surface area contributed by atoms with Crippen molar-refractivity contribution in [2.75, 3.05) is 13.1 Å². The Kier molecular flexibility index (Phi) is 5.33. The number of benzene rings is 1. The van der Waals surface area contributed by atoms with Crippen LogP contribution in [-0.4, -0.2) is 35.7 Å². The predicted octanol–water partition coefficient (Wildman–Crippen LogP) is 3.60. The number of piperidine rings is 1. The number of nitrogens with one attached hydrogen (secondary N) is 1. The van der Waals surface area contributed by atoms with Crippen molar-refractivity contribution in [1.82, 2.24) is 10.2 Å². The summed E-state index contributed by atoms with van der Waals surface area (Å²) >= 11 is 0. The summed E-state index contributed by atoms with van der Waals surface area (Å²) in [6, 6.07) is 8.31. The van der Waals surface area contributed by atoms with Gasteiger partial charge in [-0.15, -0.1) is 0 Å². The molecule has 0 saturated carbocycles. The van der Waals surface area contributed by atoms with E-state index in [9.17, 15) is 4.79 Å². The van der Waals surface area contributed by atoms with Crippen molar-refractivity contribution in [2.24, 2.45) is 0 Å². The molecule has 0 bridgehead atoms. The minimum Gasteiger partial charge on any atom is -0.490 e. The molecule has 1 aromatic carbocycles.